The number of hydrogen-bond donors (Lipinski definition) is 2. The molecule has 1 heterocycles. The summed E-state index contributed by atoms with van der Waals surface area (Å²) in [4.78, 5) is 11.7. The number of ether oxygens (including phenoxy) is 1. The average molecular weight is 287 g/mol. The Morgan fingerprint density at radius 2 is 2.05 bits per heavy atom. The highest BCUT2D eigenvalue weighted by Crippen LogP contribution is 2.14. The van der Waals surface area contributed by atoms with Crippen molar-refractivity contribution >= 4 is 17.3 Å². The minimum Gasteiger partial charge on any atom is -0.497 e. The Kier molecular flexibility index (Phi) is 4.98. The second-order valence-electron chi connectivity index (χ2n) is 4.29. The van der Waals surface area contributed by atoms with E-state index in [0.717, 1.165) is 11.4 Å². The van der Waals surface area contributed by atoms with Gasteiger partial charge in [0.1, 0.15) is 17.2 Å². The van der Waals surface area contributed by atoms with Gasteiger partial charge in [-0.05, 0) is 43.3 Å². The lowest BCUT2D eigenvalue weighted by molar-refractivity contribution is -0.119. The van der Waals surface area contributed by atoms with Crippen LogP contribution in [-0.4, -0.2) is 25.3 Å². The molecule has 0 saturated carbocycles. The third-order valence-electron chi connectivity index (χ3n) is 2.77. The number of nitrogens with zero attached hydrogens (tertiary/aromatic N) is 1. The zero-order valence-corrected chi connectivity index (χ0v) is 11.9. The smallest absolute Gasteiger partial charge is 0.259 e. The Labute approximate surface area is 122 Å². The van der Waals surface area contributed by atoms with Crippen molar-refractivity contribution in [2.75, 3.05) is 19.0 Å². The highest BCUT2D eigenvalue weighted by atomic mass is 16.5. The molecule has 1 aromatic carbocycles. The predicted octanol–water partition coefficient (Wildman–Crippen LogP) is 2.24. The van der Waals surface area contributed by atoms with Crippen molar-refractivity contribution in [2.24, 2.45) is 5.10 Å². The molecule has 0 unspecified atom stereocenters. The van der Waals surface area contributed by atoms with E-state index < -0.39 is 0 Å². The molecule has 6 heteroatoms. The molecular weight excluding hydrogens is 270 g/mol. The fourth-order valence-electron chi connectivity index (χ4n) is 1.62. The molecule has 0 aliphatic heterocycles. The van der Waals surface area contributed by atoms with Crippen LogP contribution in [0.5, 0.6) is 5.75 Å². The molecule has 0 saturated heterocycles. The molecule has 0 aliphatic rings. The number of amides is 1. The number of furan rings is 1. The van der Waals surface area contributed by atoms with E-state index in [1.165, 1.54) is 0 Å². The summed E-state index contributed by atoms with van der Waals surface area (Å²) < 4.78 is 10.2. The molecule has 110 valence electrons. The van der Waals surface area contributed by atoms with Crippen LogP contribution in [0.15, 0.2) is 52.2 Å². The summed E-state index contributed by atoms with van der Waals surface area (Å²) in [6.45, 7) is 1.89. The normalized spacial score (nSPS) is 11.0. The van der Waals surface area contributed by atoms with Crippen LogP contribution in [0.2, 0.25) is 0 Å². The van der Waals surface area contributed by atoms with Crippen molar-refractivity contribution < 1.29 is 13.9 Å². The highest BCUT2D eigenvalue weighted by Gasteiger charge is 2.03. The van der Waals surface area contributed by atoms with Crippen molar-refractivity contribution in [2.45, 2.75) is 6.92 Å². The quantitative estimate of drug-likeness (QED) is 0.631. The van der Waals surface area contributed by atoms with Crippen molar-refractivity contribution in [3.05, 3.63) is 48.4 Å². The lowest BCUT2D eigenvalue weighted by Crippen LogP contribution is -2.26. The van der Waals surface area contributed by atoms with Crippen LogP contribution in [-0.2, 0) is 4.79 Å². The first-order valence-electron chi connectivity index (χ1n) is 6.44. The second kappa shape index (κ2) is 7.14. The van der Waals surface area contributed by atoms with Crippen LogP contribution in [0.1, 0.15) is 12.7 Å². The lowest BCUT2D eigenvalue weighted by atomic mass is 10.3. The maximum atomic E-state index is 11.7. The molecule has 6 nitrogen and oxygen atoms in total. The number of hydrogen-bond acceptors (Lipinski definition) is 5. The fourth-order valence-corrected chi connectivity index (χ4v) is 1.62. The number of benzene rings is 1. The van der Waals surface area contributed by atoms with Crippen LogP contribution < -0.4 is 15.5 Å². The fraction of sp³-hybridized carbons (Fsp3) is 0.200. The van der Waals surface area contributed by atoms with Gasteiger partial charge in [-0.25, -0.2) is 5.43 Å². The molecule has 0 aliphatic carbocycles. The number of rotatable bonds is 6. The van der Waals surface area contributed by atoms with Crippen LogP contribution in [0, 0.1) is 0 Å². The van der Waals surface area contributed by atoms with Crippen molar-refractivity contribution in [1.29, 1.82) is 0 Å². The van der Waals surface area contributed by atoms with Crippen LogP contribution >= 0.6 is 0 Å². The van der Waals surface area contributed by atoms with E-state index in [1.54, 1.807) is 32.4 Å². The van der Waals surface area contributed by atoms with Crippen LogP contribution in [0.25, 0.3) is 0 Å². The van der Waals surface area contributed by atoms with Crippen molar-refractivity contribution in [3.63, 3.8) is 0 Å². The van der Waals surface area contributed by atoms with Gasteiger partial charge in [-0.2, -0.15) is 5.10 Å². The summed E-state index contributed by atoms with van der Waals surface area (Å²) in [5.74, 6) is 1.15. The highest BCUT2D eigenvalue weighted by molar-refractivity contribution is 5.96. The van der Waals surface area contributed by atoms with E-state index in [1.807, 2.05) is 24.3 Å². The maximum absolute atomic E-state index is 11.7. The molecule has 0 bridgehead atoms. The van der Waals surface area contributed by atoms with Gasteiger partial charge >= 0.3 is 0 Å². The summed E-state index contributed by atoms with van der Waals surface area (Å²) in [7, 11) is 1.61. The van der Waals surface area contributed by atoms with E-state index in [9.17, 15) is 4.79 Å². The van der Waals surface area contributed by atoms with Gasteiger partial charge in [0.15, 0.2) is 0 Å². The summed E-state index contributed by atoms with van der Waals surface area (Å²) in [6.07, 6.45) is 1.56. The molecule has 0 radical (unpaired) electrons. The zero-order valence-electron chi connectivity index (χ0n) is 11.9. The Morgan fingerprint density at radius 1 is 1.29 bits per heavy atom. The van der Waals surface area contributed by atoms with Gasteiger partial charge in [-0.1, -0.05) is 0 Å². The summed E-state index contributed by atoms with van der Waals surface area (Å²) >= 11 is 0. The minimum atomic E-state index is -0.239. The Morgan fingerprint density at radius 3 is 2.67 bits per heavy atom. The molecular formula is C15H17N3O3. The van der Waals surface area contributed by atoms with Gasteiger partial charge in [-0.3, -0.25) is 4.79 Å². The van der Waals surface area contributed by atoms with Crippen LogP contribution in [0.3, 0.4) is 0 Å². The monoisotopic (exact) mass is 287 g/mol. The van der Waals surface area contributed by atoms with Gasteiger partial charge < -0.3 is 14.5 Å². The largest absolute Gasteiger partial charge is 0.497 e. The van der Waals surface area contributed by atoms with Crippen molar-refractivity contribution in [3.8, 4) is 5.75 Å². The van der Waals surface area contributed by atoms with Gasteiger partial charge in [0.05, 0.1) is 19.9 Å². The number of nitrogens with one attached hydrogen (secondary N) is 2. The molecule has 2 rings (SSSR count). The number of hydrazone groups is 1. The molecule has 1 aromatic heterocycles. The lowest BCUT2D eigenvalue weighted by Gasteiger charge is -2.06. The van der Waals surface area contributed by atoms with Crippen LogP contribution in [0.4, 0.5) is 5.69 Å². The minimum absolute atomic E-state index is 0.126. The first-order valence-corrected chi connectivity index (χ1v) is 6.44. The zero-order chi connectivity index (χ0) is 15.1. The number of carbonyl (C=O) groups is 1. The molecule has 2 aromatic rings. The van der Waals surface area contributed by atoms with E-state index in [2.05, 4.69) is 15.8 Å². The summed E-state index contributed by atoms with van der Waals surface area (Å²) in [5, 5.41) is 6.96. The van der Waals surface area contributed by atoms with E-state index >= 15 is 0 Å². The van der Waals surface area contributed by atoms with E-state index in [0.29, 0.717) is 11.5 Å². The first-order chi connectivity index (χ1) is 10.2. The standard InChI is InChI=1S/C15H17N3O3/c1-11(14-4-3-9-21-14)17-18-15(19)10-16-12-5-7-13(20-2)8-6-12/h3-9,16H,10H2,1-2H3,(H,18,19)/b17-11+. The molecule has 0 fully saturated rings. The molecule has 2 N–H and O–H groups in total. The Balaban J connectivity index is 1.80. The maximum Gasteiger partial charge on any atom is 0.259 e. The number of anilines is 1. The van der Waals surface area contributed by atoms with Gasteiger partial charge in [0.25, 0.3) is 5.91 Å². The molecule has 21 heavy (non-hydrogen) atoms. The molecule has 0 atom stereocenters. The summed E-state index contributed by atoms with van der Waals surface area (Å²) in [6, 6.07) is 10.9. The van der Waals surface area contributed by atoms with E-state index in [-0.39, 0.29) is 12.5 Å². The number of carbonyl (C=O) groups excluding carboxylic acids is 1. The Hall–Kier alpha value is -2.76. The summed E-state index contributed by atoms with van der Waals surface area (Å²) in [5.41, 5.74) is 3.91. The van der Waals surface area contributed by atoms with Gasteiger partial charge in [-0.15, -0.1) is 0 Å². The molecule has 0 spiro atoms. The third kappa shape index (κ3) is 4.38. The Bertz CT molecular complexity index is 604. The second-order valence-corrected chi connectivity index (χ2v) is 4.29. The van der Waals surface area contributed by atoms with Gasteiger partial charge in [0, 0.05) is 5.69 Å². The average Bonchev–Trinajstić information content (AvgIpc) is 3.05. The first kappa shape index (κ1) is 14.6. The van der Waals surface area contributed by atoms with Gasteiger partial charge in [0.2, 0.25) is 0 Å². The number of methoxy groups -OCH3 is 1. The van der Waals surface area contributed by atoms with E-state index in [4.69, 9.17) is 9.15 Å². The molecule has 1 amide bonds. The van der Waals surface area contributed by atoms with Crippen molar-refractivity contribution in [1.82, 2.24) is 5.43 Å². The third-order valence-corrected chi connectivity index (χ3v) is 2.77. The topological polar surface area (TPSA) is 75.9 Å². The SMILES string of the molecule is COc1ccc(NCC(=O)N/N=C(\C)c2ccco2)cc1. The predicted molar refractivity (Wildman–Crippen MR) is 80.5 cm³/mol.